The summed E-state index contributed by atoms with van der Waals surface area (Å²) in [5, 5.41) is 13.8. The van der Waals surface area contributed by atoms with Gasteiger partial charge in [0.15, 0.2) is 0 Å². The van der Waals surface area contributed by atoms with Crippen molar-refractivity contribution in [2.45, 2.75) is 32.1 Å². The van der Waals surface area contributed by atoms with Gasteiger partial charge in [0.2, 0.25) is 0 Å². The molecule has 0 bridgehead atoms. The Hall–Kier alpha value is -1.27. The number of carbonyl (C=O) groups is 2. The van der Waals surface area contributed by atoms with Crippen LogP contribution < -0.4 is 10.6 Å². The second kappa shape index (κ2) is 9.61. The quantitative estimate of drug-likeness (QED) is 0.613. The number of hydrogen-bond donors (Lipinski definition) is 3. The number of carboxylic acids is 1. The molecular formula is C13H19ClN2O3S. The van der Waals surface area contributed by atoms with Crippen LogP contribution in [0.15, 0.2) is 12.1 Å². The van der Waals surface area contributed by atoms with Gasteiger partial charge in [-0.25, -0.2) is 4.79 Å². The van der Waals surface area contributed by atoms with E-state index in [9.17, 15) is 9.59 Å². The molecule has 0 atom stereocenters. The Morgan fingerprint density at radius 3 is 2.45 bits per heavy atom. The maximum atomic E-state index is 11.3. The number of hydrogen-bond acceptors (Lipinski definition) is 3. The average molecular weight is 319 g/mol. The van der Waals surface area contributed by atoms with Crippen molar-refractivity contribution in [3.63, 3.8) is 0 Å². The first-order chi connectivity index (χ1) is 9.58. The van der Waals surface area contributed by atoms with Crippen LogP contribution in [0.4, 0.5) is 4.79 Å². The van der Waals surface area contributed by atoms with Crippen molar-refractivity contribution in [1.29, 1.82) is 0 Å². The first kappa shape index (κ1) is 16.8. The van der Waals surface area contributed by atoms with Gasteiger partial charge in [-0.2, -0.15) is 0 Å². The van der Waals surface area contributed by atoms with E-state index in [0.717, 1.165) is 23.6 Å². The number of urea groups is 1. The molecule has 0 saturated heterocycles. The summed E-state index contributed by atoms with van der Waals surface area (Å²) in [5.41, 5.74) is 0. The summed E-state index contributed by atoms with van der Waals surface area (Å²) in [6.45, 7) is 0.996. The highest BCUT2D eigenvalue weighted by Gasteiger charge is 2.01. The monoisotopic (exact) mass is 318 g/mol. The van der Waals surface area contributed by atoms with Gasteiger partial charge in [0.1, 0.15) is 0 Å². The van der Waals surface area contributed by atoms with E-state index in [4.69, 9.17) is 16.7 Å². The normalized spacial score (nSPS) is 10.2. The van der Waals surface area contributed by atoms with Crippen LogP contribution in [0.5, 0.6) is 0 Å². The minimum atomic E-state index is -0.846. The second-order valence-electron chi connectivity index (χ2n) is 4.34. The lowest BCUT2D eigenvalue weighted by Crippen LogP contribution is -2.36. The second-order valence-corrected chi connectivity index (χ2v) is 6.14. The molecule has 0 aliphatic heterocycles. The van der Waals surface area contributed by atoms with Gasteiger partial charge < -0.3 is 15.7 Å². The largest absolute Gasteiger partial charge is 0.481 e. The summed E-state index contributed by atoms with van der Waals surface area (Å²) in [6, 6.07) is 3.68. The summed E-state index contributed by atoms with van der Waals surface area (Å²) < 4.78 is 0.805. The number of amides is 2. The van der Waals surface area contributed by atoms with Crippen molar-refractivity contribution in [2.24, 2.45) is 0 Å². The summed E-state index contributed by atoms with van der Waals surface area (Å²) >= 11 is 7.42. The molecule has 3 N–H and O–H groups in total. The highest BCUT2D eigenvalue weighted by molar-refractivity contribution is 7.16. The van der Waals surface area contributed by atoms with Crippen molar-refractivity contribution in [3.8, 4) is 0 Å². The van der Waals surface area contributed by atoms with Gasteiger partial charge in [0.25, 0.3) is 0 Å². The molecule has 0 aromatic carbocycles. The molecule has 112 valence electrons. The number of carboxylic acid groups (broad SMARTS) is 1. The molecule has 20 heavy (non-hydrogen) atoms. The van der Waals surface area contributed by atoms with Crippen LogP contribution >= 0.6 is 22.9 Å². The zero-order chi connectivity index (χ0) is 14.8. The minimum absolute atomic E-state index is 0.0731. The molecule has 0 unspecified atom stereocenters. The van der Waals surface area contributed by atoms with E-state index in [1.165, 1.54) is 4.88 Å². The number of carbonyl (C=O) groups excluding carboxylic acids is 1. The zero-order valence-electron chi connectivity index (χ0n) is 11.2. The van der Waals surface area contributed by atoms with Crippen LogP contribution in [-0.2, 0) is 11.2 Å². The summed E-state index contributed by atoms with van der Waals surface area (Å²) in [6.07, 6.45) is 3.39. The van der Waals surface area contributed by atoms with E-state index in [0.29, 0.717) is 19.5 Å². The Balaban J connectivity index is 1.95. The Labute approximate surface area is 127 Å². The smallest absolute Gasteiger partial charge is 0.314 e. The van der Waals surface area contributed by atoms with Crippen molar-refractivity contribution >= 4 is 34.9 Å². The fraction of sp³-hybridized carbons (Fsp3) is 0.538. The van der Waals surface area contributed by atoms with E-state index < -0.39 is 5.97 Å². The molecule has 1 aromatic rings. The fourth-order valence-electron chi connectivity index (χ4n) is 1.62. The summed E-state index contributed by atoms with van der Waals surface area (Å²) in [7, 11) is 0. The summed E-state index contributed by atoms with van der Waals surface area (Å²) in [5.74, 6) is -0.846. The topological polar surface area (TPSA) is 78.4 Å². The van der Waals surface area contributed by atoms with Crippen molar-refractivity contribution in [1.82, 2.24) is 10.6 Å². The van der Waals surface area contributed by atoms with Crippen LogP contribution in [0.1, 0.15) is 30.6 Å². The molecule has 0 fully saturated rings. The molecule has 1 heterocycles. The number of thiophene rings is 1. The maximum absolute atomic E-state index is 11.3. The molecule has 5 nitrogen and oxygen atoms in total. The van der Waals surface area contributed by atoms with E-state index in [2.05, 4.69) is 10.6 Å². The van der Waals surface area contributed by atoms with Crippen LogP contribution in [0, 0.1) is 0 Å². The van der Waals surface area contributed by atoms with Crippen LogP contribution in [0.2, 0.25) is 4.34 Å². The third-order valence-electron chi connectivity index (χ3n) is 2.62. The molecular weight excluding hydrogens is 300 g/mol. The molecule has 1 rings (SSSR count). The lowest BCUT2D eigenvalue weighted by molar-refractivity contribution is -0.137. The van der Waals surface area contributed by atoms with Gasteiger partial charge >= 0.3 is 12.0 Å². The van der Waals surface area contributed by atoms with Crippen LogP contribution in [0.25, 0.3) is 0 Å². The van der Waals surface area contributed by atoms with Crippen molar-refractivity contribution < 1.29 is 14.7 Å². The van der Waals surface area contributed by atoms with Crippen LogP contribution in [0.3, 0.4) is 0 Å². The lowest BCUT2D eigenvalue weighted by atomic mass is 10.2. The van der Waals surface area contributed by atoms with E-state index in [-0.39, 0.29) is 12.5 Å². The molecule has 0 radical (unpaired) electrons. The molecule has 0 aliphatic carbocycles. The maximum Gasteiger partial charge on any atom is 0.314 e. The standard InChI is InChI=1S/C13H19ClN2O3S/c14-11-7-6-10(20-11)4-1-2-8-15-13(19)16-9-3-5-12(17)18/h6-7H,1-5,8-9H2,(H,17,18)(H2,15,16,19). The predicted octanol–water partition coefficient (Wildman–Crippen LogP) is 2.89. The fourth-order valence-corrected chi connectivity index (χ4v) is 2.75. The van der Waals surface area contributed by atoms with Crippen molar-refractivity contribution in [3.05, 3.63) is 21.3 Å². The van der Waals surface area contributed by atoms with Crippen molar-refractivity contribution in [2.75, 3.05) is 13.1 Å². The van der Waals surface area contributed by atoms with Gasteiger partial charge in [0, 0.05) is 24.4 Å². The third kappa shape index (κ3) is 8.01. The van der Waals surface area contributed by atoms with Gasteiger partial charge in [-0.1, -0.05) is 11.6 Å². The van der Waals surface area contributed by atoms with E-state index in [1.54, 1.807) is 11.3 Å². The summed E-state index contributed by atoms with van der Waals surface area (Å²) in [4.78, 5) is 22.9. The zero-order valence-corrected chi connectivity index (χ0v) is 12.7. The first-order valence-corrected chi connectivity index (χ1v) is 7.75. The molecule has 7 heteroatoms. The third-order valence-corrected chi connectivity index (χ3v) is 3.91. The highest BCUT2D eigenvalue weighted by Crippen LogP contribution is 2.22. The minimum Gasteiger partial charge on any atom is -0.481 e. The Morgan fingerprint density at radius 1 is 1.15 bits per heavy atom. The molecule has 2 amide bonds. The van der Waals surface area contributed by atoms with Gasteiger partial charge in [-0.05, 0) is 37.8 Å². The number of aliphatic carboxylic acids is 1. The molecule has 0 spiro atoms. The van der Waals surface area contributed by atoms with Crippen LogP contribution in [-0.4, -0.2) is 30.2 Å². The Morgan fingerprint density at radius 2 is 1.85 bits per heavy atom. The first-order valence-electron chi connectivity index (χ1n) is 6.55. The lowest BCUT2D eigenvalue weighted by Gasteiger charge is -2.06. The molecule has 0 saturated carbocycles. The number of rotatable bonds is 9. The number of halogens is 1. The van der Waals surface area contributed by atoms with Gasteiger partial charge in [-0.3, -0.25) is 4.79 Å². The highest BCUT2D eigenvalue weighted by atomic mass is 35.5. The predicted molar refractivity (Wildman–Crippen MR) is 80.5 cm³/mol. The average Bonchev–Trinajstić information content (AvgIpc) is 2.80. The number of aryl methyl sites for hydroxylation is 1. The van der Waals surface area contributed by atoms with Gasteiger partial charge in [0.05, 0.1) is 4.34 Å². The Kier molecular flexibility index (Phi) is 8.06. The molecule has 0 aliphatic rings. The van der Waals surface area contributed by atoms with Gasteiger partial charge in [-0.15, -0.1) is 11.3 Å². The SMILES string of the molecule is O=C(O)CCCNC(=O)NCCCCc1ccc(Cl)s1. The number of unbranched alkanes of at least 4 members (excludes halogenated alkanes) is 1. The van der Waals surface area contributed by atoms with E-state index in [1.807, 2.05) is 12.1 Å². The van der Waals surface area contributed by atoms with E-state index >= 15 is 0 Å². The Bertz CT molecular complexity index is 437. The molecule has 1 aromatic heterocycles. The number of nitrogens with one attached hydrogen (secondary N) is 2.